The molecule has 4 rings (SSSR count). The van der Waals surface area contributed by atoms with Crippen LogP contribution in [0.1, 0.15) is 19.8 Å². The molecule has 0 N–H and O–H groups in total. The van der Waals surface area contributed by atoms with Crippen LogP contribution in [0.3, 0.4) is 0 Å². The Morgan fingerprint density at radius 3 is 2.43 bits per heavy atom. The molecule has 166 valence electrons. The highest BCUT2D eigenvalue weighted by Gasteiger charge is 2.31. The van der Waals surface area contributed by atoms with Crippen LogP contribution < -0.4 is 4.90 Å². The minimum Gasteiger partial charge on any atom is -0.369 e. The van der Waals surface area contributed by atoms with Crippen LogP contribution in [0, 0.1) is 0 Å². The van der Waals surface area contributed by atoms with Crippen molar-refractivity contribution < 1.29 is 4.79 Å². The summed E-state index contributed by atoms with van der Waals surface area (Å²) in [5, 5.41) is 0.799. The standard InChI is InChI=1S/C23H36ClN5O/c1-2-25-9-11-26(12-10-25)19-23(30)29-8-4-7-22(18-29)28-15-13-27(14-16-28)21-6-3-5-20(24)17-21/h3,5-6,17,22H,2,4,7-16,18-19H2,1H3/t22-/m0/s1. The molecule has 3 heterocycles. The third-order valence-corrected chi connectivity index (χ3v) is 7.26. The van der Waals surface area contributed by atoms with Gasteiger partial charge in [-0.15, -0.1) is 0 Å². The lowest BCUT2D eigenvalue weighted by atomic mass is 10.0. The third kappa shape index (κ3) is 5.47. The Morgan fingerprint density at radius 1 is 1.00 bits per heavy atom. The molecule has 30 heavy (non-hydrogen) atoms. The molecule has 1 aromatic rings. The molecule has 7 heteroatoms. The number of carbonyl (C=O) groups is 1. The van der Waals surface area contributed by atoms with Crippen molar-refractivity contribution in [2.45, 2.75) is 25.8 Å². The number of hydrogen-bond acceptors (Lipinski definition) is 5. The smallest absolute Gasteiger partial charge is 0.236 e. The minimum absolute atomic E-state index is 0.321. The molecule has 3 aliphatic heterocycles. The predicted octanol–water partition coefficient (Wildman–Crippen LogP) is 2.09. The van der Waals surface area contributed by atoms with Gasteiger partial charge in [0.2, 0.25) is 5.91 Å². The van der Waals surface area contributed by atoms with Crippen molar-refractivity contribution in [2.75, 3.05) is 83.4 Å². The highest BCUT2D eigenvalue weighted by Crippen LogP contribution is 2.23. The fourth-order valence-corrected chi connectivity index (χ4v) is 5.24. The van der Waals surface area contributed by atoms with E-state index in [9.17, 15) is 4.79 Å². The molecule has 0 radical (unpaired) electrons. The van der Waals surface area contributed by atoms with E-state index in [2.05, 4.69) is 43.6 Å². The molecule has 1 atom stereocenters. The number of carbonyl (C=O) groups excluding carboxylic acids is 1. The van der Waals surface area contributed by atoms with E-state index in [1.165, 1.54) is 12.1 Å². The number of amides is 1. The Labute approximate surface area is 186 Å². The zero-order valence-corrected chi connectivity index (χ0v) is 19.1. The number of likely N-dealkylation sites (tertiary alicyclic amines) is 1. The van der Waals surface area contributed by atoms with Gasteiger partial charge in [-0.3, -0.25) is 14.6 Å². The molecule has 6 nitrogen and oxygen atoms in total. The Bertz CT molecular complexity index is 701. The number of likely N-dealkylation sites (N-methyl/N-ethyl adjacent to an activating group) is 1. The van der Waals surface area contributed by atoms with Gasteiger partial charge in [0.05, 0.1) is 6.54 Å². The Morgan fingerprint density at radius 2 is 1.73 bits per heavy atom. The molecule has 1 aromatic carbocycles. The van der Waals surface area contributed by atoms with Gasteiger partial charge in [-0.1, -0.05) is 24.6 Å². The second-order valence-electron chi connectivity index (χ2n) is 8.85. The fraction of sp³-hybridized carbons (Fsp3) is 0.696. The van der Waals surface area contributed by atoms with Gasteiger partial charge in [-0.2, -0.15) is 0 Å². The lowest BCUT2D eigenvalue weighted by Crippen LogP contribution is -2.57. The van der Waals surface area contributed by atoms with Crippen LogP contribution in [0.5, 0.6) is 0 Å². The topological polar surface area (TPSA) is 33.3 Å². The molecule has 1 amide bonds. The molecular weight excluding hydrogens is 398 g/mol. The number of piperidine rings is 1. The van der Waals surface area contributed by atoms with Gasteiger partial charge in [-0.05, 0) is 37.6 Å². The van der Waals surface area contributed by atoms with E-state index in [1.807, 2.05) is 12.1 Å². The van der Waals surface area contributed by atoms with Crippen LogP contribution in [0.15, 0.2) is 24.3 Å². The molecule has 3 fully saturated rings. The van der Waals surface area contributed by atoms with Gasteiger partial charge in [0.1, 0.15) is 0 Å². The quantitative estimate of drug-likeness (QED) is 0.710. The molecule has 3 aliphatic rings. The summed E-state index contributed by atoms with van der Waals surface area (Å²) < 4.78 is 0. The van der Waals surface area contributed by atoms with Crippen LogP contribution >= 0.6 is 11.6 Å². The summed E-state index contributed by atoms with van der Waals surface area (Å²) in [4.78, 5) is 24.9. The van der Waals surface area contributed by atoms with Gasteiger partial charge in [-0.25, -0.2) is 0 Å². The molecule has 3 saturated heterocycles. The monoisotopic (exact) mass is 433 g/mol. The third-order valence-electron chi connectivity index (χ3n) is 7.02. The SMILES string of the molecule is CCN1CCN(CC(=O)N2CCC[C@H](N3CCN(c4cccc(Cl)c4)CC3)C2)CC1. The van der Waals surface area contributed by atoms with Crippen LogP contribution in [0.25, 0.3) is 0 Å². The van der Waals surface area contributed by atoms with E-state index in [0.717, 1.165) is 83.4 Å². The molecule has 0 spiro atoms. The summed E-state index contributed by atoms with van der Waals surface area (Å²) in [6.07, 6.45) is 2.32. The van der Waals surface area contributed by atoms with E-state index in [0.29, 0.717) is 18.5 Å². The van der Waals surface area contributed by atoms with Crippen molar-refractivity contribution in [1.82, 2.24) is 19.6 Å². The van der Waals surface area contributed by atoms with E-state index >= 15 is 0 Å². The summed E-state index contributed by atoms with van der Waals surface area (Å²) in [7, 11) is 0. The predicted molar refractivity (Wildman–Crippen MR) is 123 cm³/mol. The van der Waals surface area contributed by atoms with Gasteiger partial charge in [0.15, 0.2) is 0 Å². The molecule has 0 unspecified atom stereocenters. The summed E-state index contributed by atoms with van der Waals surface area (Å²) in [5.41, 5.74) is 1.21. The van der Waals surface area contributed by atoms with Crippen LogP contribution in [0.4, 0.5) is 5.69 Å². The van der Waals surface area contributed by atoms with Gasteiger partial charge < -0.3 is 14.7 Å². The second-order valence-corrected chi connectivity index (χ2v) is 9.29. The van der Waals surface area contributed by atoms with E-state index in [4.69, 9.17) is 11.6 Å². The van der Waals surface area contributed by atoms with E-state index in [1.54, 1.807) is 0 Å². The summed E-state index contributed by atoms with van der Waals surface area (Å²) >= 11 is 6.16. The maximum absolute atomic E-state index is 12.9. The summed E-state index contributed by atoms with van der Waals surface area (Å²) in [6.45, 7) is 14.1. The lowest BCUT2D eigenvalue weighted by molar-refractivity contribution is -0.135. The summed E-state index contributed by atoms with van der Waals surface area (Å²) in [5.74, 6) is 0.321. The van der Waals surface area contributed by atoms with Crippen molar-refractivity contribution >= 4 is 23.2 Å². The first-order chi connectivity index (χ1) is 14.6. The zero-order chi connectivity index (χ0) is 20.9. The Balaban J connectivity index is 1.24. The number of halogens is 1. The highest BCUT2D eigenvalue weighted by molar-refractivity contribution is 6.30. The Kier molecular flexibility index (Phi) is 7.52. The number of hydrogen-bond donors (Lipinski definition) is 0. The maximum atomic E-state index is 12.9. The molecule has 0 bridgehead atoms. The number of rotatable bonds is 5. The average molecular weight is 434 g/mol. The van der Waals surface area contributed by atoms with Gasteiger partial charge >= 0.3 is 0 Å². The van der Waals surface area contributed by atoms with Gasteiger partial charge in [0.25, 0.3) is 0 Å². The normalized spacial score (nSPS) is 24.9. The second kappa shape index (κ2) is 10.3. The number of nitrogens with zero attached hydrogens (tertiary/aromatic N) is 5. The Hall–Kier alpha value is -1.34. The van der Waals surface area contributed by atoms with Crippen LogP contribution in [-0.2, 0) is 4.79 Å². The van der Waals surface area contributed by atoms with Crippen molar-refractivity contribution in [2.24, 2.45) is 0 Å². The van der Waals surface area contributed by atoms with Crippen molar-refractivity contribution in [3.05, 3.63) is 29.3 Å². The van der Waals surface area contributed by atoms with Crippen LogP contribution in [0.2, 0.25) is 5.02 Å². The fourth-order valence-electron chi connectivity index (χ4n) is 5.05. The van der Waals surface area contributed by atoms with E-state index in [-0.39, 0.29) is 0 Å². The first-order valence-electron chi connectivity index (χ1n) is 11.6. The van der Waals surface area contributed by atoms with Crippen molar-refractivity contribution in [3.8, 4) is 0 Å². The number of piperazine rings is 2. The van der Waals surface area contributed by atoms with Crippen molar-refractivity contribution in [1.29, 1.82) is 0 Å². The minimum atomic E-state index is 0.321. The molecular formula is C23H36ClN5O. The number of anilines is 1. The van der Waals surface area contributed by atoms with E-state index < -0.39 is 0 Å². The summed E-state index contributed by atoms with van der Waals surface area (Å²) in [6, 6.07) is 8.65. The van der Waals surface area contributed by atoms with Gasteiger partial charge in [0, 0.05) is 82.2 Å². The zero-order valence-electron chi connectivity index (χ0n) is 18.3. The largest absolute Gasteiger partial charge is 0.369 e. The first-order valence-corrected chi connectivity index (χ1v) is 12.0. The molecule has 0 aliphatic carbocycles. The van der Waals surface area contributed by atoms with Crippen molar-refractivity contribution in [3.63, 3.8) is 0 Å². The molecule has 0 saturated carbocycles. The highest BCUT2D eigenvalue weighted by atomic mass is 35.5. The lowest BCUT2D eigenvalue weighted by Gasteiger charge is -2.44. The number of benzene rings is 1. The maximum Gasteiger partial charge on any atom is 0.236 e. The van der Waals surface area contributed by atoms with Crippen LogP contribution in [-0.4, -0.2) is 110 Å². The first kappa shape index (κ1) is 21.9. The molecule has 0 aromatic heterocycles. The average Bonchev–Trinajstić information content (AvgIpc) is 2.80.